The van der Waals surface area contributed by atoms with Crippen LogP contribution in [0.5, 0.6) is 0 Å². The molecular weight excluding hydrogens is 380 g/mol. The lowest BCUT2D eigenvalue weighted by Gasteiger charge is -2.30. The third kappa shape index (κ3) is 4.54. The van der Waals surface area contributed by atoms with Crippen molar-refractivity contribution in [2.24, 2.45) is 5.92 Å². The van der Waals surface area contributed by atoms with Crippen LogP contribution in [-0.2, 0) is 10.0 Å². The Morgan fingerprint density at radius 2 is 1.85 bits per heavy atom. The first-order chi connectivity index (χ1) is 12.9. The van der Waals surface area contributed by atoms with E-state index in [-0.39, 0.29) is 10.8 Å². The number of carbonyl (C=O) groups excluding carboxylic acids is 1. The van der Waals surface area contributed by atoms with Crippen LogP contribution in [0.2, 0.25) is 0 Å². The third-order valence-corrected chi connectivity index (χ3v) is 7.40. The Balaban J connectivity index is 1.75. The molecule has 1 unspecified atom stereocenters. The topological polar surface area (TPSA) is 66.5 Å². The summed E-state index contributed by atoms with van der Waals surface area (Å²) in [4.78, 5) is 13.7. The molecule has 0 saturated carbocycles. The average molecular weight is 405 g/mol. The number of para-hydroxylation sites is 1. The minimum atomic E-state index is -3.51. The molecule has 27 heavy (non-hydrogen) atoms. The zero-order valence-electron chi connectivity index (χ0n) is 15.5. The molecule has 1 saturated heterocycles. The molecule has 2 aromatic rings. The van der Waals surface area contributed by atoms with Crippen molar-refractivity contribution in [2.45, 2.75) is 29.6 Å². The van der Waals surface area contributed by atoms with Gasteiger partial charge in [-0.2, -0.15) is 4.31 Å². The Hall–Kier alpha value is -1.83. The van der Waals surface area contributed by atoms with Crippen LogP contribution in [0.3, 0.4) is 0 Å². The monoisotopic (exact) mass is 404 g/mol. The fourth-order valence-corrected chi connectivity index (χ4v) is 5.39. The highest BCUT2D eigenvalue weighted by Crippen LogP contribution is 2.26. The molecule has 1 aliphatic heterocycles. The molecule has 144 valence electrons. The summed E-state index contributed by atoms with van der Waals surface area (Å²) in [6, 6.07) is 13.7. The highest BCUT2D eigenvalue weighted by molar-refractivity contribution is 7.98. The van der Waals surface area contributed by atoms with Gasteiger partial charge in [0.25, 0.3) is 5.91 Å². The average Bonchev–Trinajstić information content (AvgIpc) is 2.68. The van der Waals surface area contributed by atoms with Crippen molar-refractivity contribution in [3.63, 3.8) is 0 Å². The molecule has 2 aromatic carbocycles. The van der Waals surface area contributed by atoms with Gasteiger partial charge in [0.1, 0.15) is 0 Å². The van der Waals surface area contributed by atoms with Gasteiger partial charge in [0, 0.05) is 23.5 Å². The molecule has 0 aromatic heterocycles. The largest absolute Gasteiger partial charge is 0.321 e. The fourth-order valence-electron chi connectivity index (χ4n) is 3.23. The van der Waals surface area contributed by atoms with Crippen molar-refractivity contribution in [3.05, 3.63) is 54.1 Å². The molecular formula is C20H24N2O3S2. The normalized spacial score (nSPS) is 18.2. The summed E-state index contributed by atoms with van der Waals surface area (Å²) in [7, 11) is -3.51. The quantitative estimate of drug-likeness (QED) is 0.763. The molecule has 0 spiro atoms. The zero-order chi connectivity index (χ0) is 19.4. The molecule has 1 amide bonds. The molecule has 0 radical (unpaired) electrons. The number of sulfonamides is 1. The maximum atomic E-state index is 12.8. The standard InChI is InChI=1S/C20H24N2O3S2/c1-15-6-5-13-22(14-15)27(24,25)17-11-9-16(10-12-17)20(23)21-18-7-3-4-8-19(18)26-2/h3-4,7-12,15H,5-6,13-14H2,1-2H3,(H,21,23). The summed E-state index contributed by atoms with van der Waals surface area (Å²) < 4.78 is 27.2. The van der Waals surface area contributed by atoms with E-state index in [4.69, 9.17) is 0 Å². The minimum absolute atomic E-state index is 0.234. The smallest absolute Gasteiger partial charge is 0.255 e. The van der Waals surface area contributed by atoms with Crippen molar-refractivity contribution >= 4 is 33.4 Å². The molecule has 1 N–H and O–H groups in total. The molecule has 0 bridgehead atoms. The molecule has 1 atom stereocenters. The molecule has 1 heterocycles. The van der Waals surface area contributed by atoms with E-state index in [1.165, 1.54) is 12.1 Å². The number of anilines is 1. The lowest BCUT2D eigenvalue weighted by Crippen LogP contribution is -2.39. The lowest BCUT2D eigenvalue weighted by atomic mass is 10.0. The number of thioether (sulfide) groups is 1. The van der Waals surface area contributed by atoms with E-state index in [1.807, 2.05) is 30.5 Å². The Labute approximate surface area is 165 Å². The van der Waals surface area contributed by atoms with Crippen molar-refractivity contribution in [2.75, 3.05) is 24.7 Å². The van der Waals surface area contributed by atoms with Crippen LogP contribution in [0.1, 0.15) is 30.1 Å². The van der Waals surface area contributed by atoms with E-state index in [0.717, 1.165) is 23.4 Å². The Morgan fingerprint density at radius 3 is 2.52 bits per heavy atom. The highest BCUT2D eigenvalue weighted by atomic mass is 32.2. The number of benzene rings is 2. The number of nitrogens with one attached hydrogen (secondary N) is 1. The molecule has 3 rings (SSSR count). The summed E-state index contributed by atoms with van der Waals surface area (Å²) >= 11 is 1.55. The zero-order valence-corrected chi connectivity index (χ0v) is 17.1. The van der Waals surface area contributed by atoms with Gasteiger partial charge >= 0.3 is 0 Å². The Morgan fingerprint density at radius 1 is 1.15 bits per heavy atom. The van der Waals surface area contributed by atoms with E-state index < -0.39 is 10.0 Å². The molecule has 5 nitrogen and oxygen atoms in total. The number of nitrogens with zero attached hydrogens (tertiary/aromatic N) is 1. The van der Waals surface area contributed by atoms with Gasteiger partial charge < -0.3 is 5.32 Å². The second-order valence-electron chi connectivity index (χ2n) is 6.79. The summed E-state index contributed by atoms with van der Waals surface area (Å²) in [6.45, 7) is 3.18. The first kappa shape index (κ1) is 19.9. The first-order valence-electron chi connectivity index (χ1n) is 8.96. The van der Waals surface area contributed by atoms with Gasteiger partial charge in [0.2, 0.25) is 10.0 Å². The van der Waals surface area contributed by atoms with Crippen molar-refractivity contribution < 1.29 is 13.2 Å². The van der Waals surface area contributed by atoms with Crippen LogP contribution >= 0.6 is 11.8 Å². The molecule has 1 aliphatic rings. The van der Waals surface area contributed by atoms with Crippen LogP contribution in [0.4, 0.5) is 5.69 Å². The third-order valence-electron chi connectivity index (χ3n) is 4.73. The van der Waals surface area contributed by atoms with Crippen molar-refractivity contribution in [1.29, 1.82) is 0 Å². The predicted molar refractivity (Wildman–Crippen MR) is 110 cm³/mol. The van der Waals surface area contributed by atoms with E-state index >= 15 is 0 Å². The van der Waals surface area contributed by atoms with E-state index in [9.17, 15) is 13.2 Å². The summed E-state index contributed by atoms with van der Waals surface area (Å²) in [5.74, 6) is 0.113. The molecule has 7 heteroatoms. The van der Waals surface area contributed by atoms with Crippen LogP contribution in [0.15, 0.2) is 58.3 Å². The van der Waals surface area contributed by atoms with Gasteiger partial charge in [0.15, 0.2) is 0 Å². The van der Waals surface area contributed by atoms with E-state index in [0.29, 0.717) is 24.6 Å². The van der Waals surface area contributed by atoms with Gasteiger partial charge in [0.05, 0.1) is 10.6 Å². The lowest BCUT2D eigenvalue weighted by molar-refractivity contribution is 0.102. The number of amides is 1. The highest BCUT2D eigenvalue weighted by Gasteiger charge is 2.28. The van der Waals surface area contributed by atoms with Gasteiger partial charge in [-0.3, -0.25) is 4.79 Å². The number of rotatable bonds is 5. The van der Waals surface area contributed by atoms with Gasteiger partial charge in [-0.15, -0.1) is 11.8 Å². The Bertz CT molecular complexity index is 911. The van der Waals surface area contributed by atoms with Gasteiger partial charge in [-0.1, -0.05) is 19.1 Å². The number of hydrogen-bond donors (Lipinski definition) is 1. The number of carbonyl (C=O) groups is 1. The first-order valence-corrected chi connectivity index (χ1v) is 11.6. The van der Waals surface area contributed by atoms with Crippen LogP contribution in [-0.4, -0.2) is 38.0 Å². The predicted octanol–water partition coefficient (Wildman–Crippen LogP) is 4.08. The van der Waals surface area contributed by atoms with Gasteiger partial charge in [-0.05, 0) is 61.4 Å². The second-order valence-corrected chi connectivity index (χ2v) is 9.58. The summed E-state index contributed by atoms with van der Waals surface area (Å²) in [5, 5.41) is 2.89. The van der Waals surface area contributed by atoms with Crippen LogP contribution in [0.25, 0.3) is 0 Å². The minimum Gasteiger partial charge on any atom is -0.321 e. The molecule has 1 fully saturated rings. The fraction of sp³-hybridized carbons (Fsp3) is 0.350. The van der Waals surface area contributed by atoms with Crippen molar-refractivity contribution in [1.82, 2.24) is 4.31 Å². The van der Waals surface area contributed by atoms with Gasteiger partial charge in [-0.25, -0.2) is 8.42 Å². The summed E-state index contributed by atoms with van der Waals surface area (Å²) in [5.41, 5.74) is 1.17. The second kappa shape index (κ2) is 8.46. The SMILES string of the molecule is CSc1ccccc1NC(=O)c1ccc(S(=O)(=O)N2CCCC(C)C2)cc1. The maximum absolute atomic E-state index is 12.8. The van der Waals surface area contributed by atoms with E-state index in [1.54, 1.807) is 28.2 Å². The van der Waals surface area contributed by atoms with Crippen LogP contribution < -0.4 is 5.32 Å². The number of piperidine rings is 1. The number of hydrogen-bond acceptors (Lipinski definition) is 4. The van der Waals surface area contributed by atoms with Crippen LogP contribution in [0, 0.1) is 5.92 Å². The molecule has 0 aliphatic carbocycles. The van der Waals surface area contributed by atoms with Crippen molar-refractivity contribution in [3.8, 4) is 0 Å². The maximum Gasteiger partial charge on any atom is 0.255 e. The summed E-state index contributed by atoms with van der Waals surface area (Å²) in [6.07, 6.45) is 3.89. The Kier molecular flexibility index (Phi) is 6.24. The van der Waals surface area contributed by atoms with E-state index in [2.05, 4.69) is 12.2 Å².